The summed E-state index contributed by atoms with van der Waals surface area (Å²) >= 11 is 0. The number of para-hydroxylation sites is 1. The summed E-state index contributed by atoms with van der Waals surface area (Å²) in [4.78, 5) is 27.0. The van der Waals surface area contributed by atoms with Gasteiger partial charge in [0.05, 0.1) is 5.52 Å². The highest BCUT2D eigenvalue weighted by molar-refractivity contribution is 6.01. The first-order valence-corrected chi connectivity index (χ1v) is 9.19. The summed E-state index contributed by atoms with van der Waals surface area (Å²) < 4.78 is 13.5. The molecule has 0 spiro atoms. The quantitative estimate of drug-likeness (QED) is 0.324. The first-order valence-electron chi connectivity index (χ1n) is 9.19. The van der Waals surface area contributed by atoms with Gasteiger partial charge < -0.3 is 20.7 Å². The van der Waals surface area contributed by atoms with Crippen LogP contribution in [0.5, 0.6) is 5.88 Å². The molecule has 0 saturated carbocycles. The van der Waals surface area contributed by atoms with Gasteiger partial charge in [0.25, 0.3) is 5.91 Å². The fraction of sp³-hybridized carbons (Fsp3) is 0. The zero-order chi connectivity index (χ0) is 21.8. The lowest BCUT2D eigenvalue weighted by Gasteiger charge is -2.07. The number of anilines is 2. The Bertz CT molecular complexity index is 1280. The van der Waals surface area contributed by atoms with Crippen LogP contribution >= 0.6 is 0 Å². The van der Waals surface area contributed by atoms with Crippen molar-refractivity contribution in [2.45, 2.75) is 0 Å². The second kappa shape index (κ2) is 8.46. The number of benzene rings is 3. The predicted molar refractivity (Wildman–Crippen MR) is 114 cm³/mol. The standard InChI is InChI=1S/C22H16FN5O3/c23-14-8-11-18-17(12-14)19(21(30)26-18)27-28-20(29)13-6-9-16(10-7-13)25-22(31)24-15-4-2-1-3-5-15/h1-12,26,30H,(H2,24,25,31). The van der Waals surface area contributed by atoms with Crippen LogP contribution in [0.25, 0.3) is 10.9 Å². The maximum atomic E-state index is 13.5. The second-order valence-corrected chi connectivity index (χ2v) is 6.54. The zero-order valence-electron chi connectivity index (χ0n) is 16.0. The van der Waals surface area contributed by atoms with E-state index >= 15 is 0 Å². The highest BCUT2D eigenvalue weighted by Crippen LogP contribution is 2.35. The first kappa shape index (κ1) is 19.8. The molecule has 0 saturated heterocycles. The summed E-state index contributed by atoms with van der Waals surface area (Å²) in [7, 11) is 0. The number of rotatable bonds is 4. The zero-order valence-corrected chi connectivity index (χ0v) is 16.0. The van der Waals surface area contributed by atoms with E-state index in [1.165, 1.54) is 30.3 Å². The molecule has 4 aromatic rings. The fourth-order valence-corrected chi connectivity index (χ4v) is 2.90. The molecular weight excluding hydrogens is 401 g/mol. The molecule has 31 heavy (non-hydrogen) atoms. The number of halogens is 1. The summed E-state index contributed by atoms with van der Waals surface area (Å²) in [5.74, 6) is -1.49. The number of aromatic amines is 1. The molecular formula is C22H16FN5O3. The number of carbonyl (C=O) groups excluding carboxylic acids is 2. The summed E-state index contributed by atoms with van der Waals surface area (Å²) in [5, 5.41) is 23.0. The lowest BCUT2D eigenvalue weighted by molar-refractivity contribution is 0.0995. The Balaban J connectivity index is 1.43. The van der Waals surface area contributed by atoms with Crippen molar-refractivity contribution >= 4 is 39.9 Å². The minimum Gasteiger partial charge on any atom is -0.493 e. The van der Waals surface area contributed by atoms with Gasteiger partial charge in [0.2, 0.25) is 5.88 Å². The Labute approximate surface area is 175 Å². The summed E-state index contributed by atoms with van der Waals surface area (Å²) in [6, 6.07) is 18.5. The van der Waals surface area contributed by atoms with Gasteiger partial charge in [-0.25, -0.2) is 9.18 Å². The Morgan fingerprint density at radius 2 is 1.58 bits per heavy atom. The van der Waals surface area contributed by atoms with Gasteiger partial charge in [-0.3, -0.25) is 4.79 Å². The molecule has 4 N–H and O–H groups in total. The summed E-state index contributed by atoms with van der Waals surface area (Å²) in [6.45, 7) is 0. The third-order valence-electron chi connectivity index (χ3n) is 4.38. The van der Waals surface area contributed by atoms with Crippen LogP contribution in [0.3, 0.4) is 0 Å². The molecule has 0 aliphatic heterocycles. The van der Waals surface area contributed by atoms with Crippen molar-refractivity contribution in [1.29, 1.82) is 0 Å². The predicted octanol–water partition coefficient (Wildman–Crippen LogP) is 5.58. The molecule has 1 aromatic heterocycles. The van der Waals surface area contributed by atoms with E-state index in [9.17, 15) is 19.1 Å². The van der Waals surface area contributed by atoms with Crippen molar-refractivity contribution in [1.82, 2.24) is 4.98 Å². The SMILES string of the molecule is O=C(Nc1ccccc1)Nc1ccc(C(=O)N=Nc2c(O)[nH]c3ccc(F)cc23)cc1. The molecule has 154 valence electrons. The topological polar surface area (TPSA) is 119 Å². The fourth-order valence-electron chi connectivity index (χ4n) is 2.90. The lowest BCUT2D eigenvalue weighted by Crippen LogP contribution is -2.19. The Hall–Kier alpha value is -4.53. The van der Waals surface area contributed by atoms with Crippen molar-refractivity contribution in [3.63, 3.8) is 0 Å². The maximum Gasteiger partial charge on any atom is 0.323 e. The molecule has 1 heterocycles. The van der Waals surface area contributed by atoms with Crippen molar-refractivity contribution in [2.75, 3.05) is 10.6 Å². The van der Waals surface area contributed by atoms with Crippen LogP contribution in [0, 0.1) is 5.82 Å². The van der Waals surface area contributed by atoms with Gasteiger partial charge in [0, 0.05) is 22.3 Å². The number of hydrogen-bond donors (Lipinski definition) is 4. The first-order chi connectivity index (χ1) is 15.0. The van der Waals surface area contributed by atoms with Gasteiger partial charge in [0.15, 0.2) is 5.69 Å². The van der Waals surface area contributed by atoms with Crippen LogP contribution in [0.4, 0.5) is 26.2 Å². The number of hydrogen-bond acceptors (Lipinski definition) is 4. The largest absolute Gasteiger partial charge is 0.493 e. The molecule has 8 nitrogen and oxygen atoms in total. The molecule has 0 atom stereocenters. The highest BCUT2D eigenvalue weighted by Gasteiger charge is 2.12. The van der Waals surface area contributed by atoms with Gasteiger partial charge in [-0.15, -0.1) is 10.2 Å². The van der Waals surface area contributed by atoms with E-state index in [2.05, 4.69) is 25.8 Å². The number of urea groups is 1. The van der Waals surface area contributed by atoms with Gasteiger partial charge >= 0.3 is 6.03 Å². The Morgan fingerprint density at radius 1 is 0.903 bits per heavy atom. The van der Waals surface area contributed by atoms with Crippen molar-refractivity contribution in [3.8, 4) is 5.88 Å². The average molecular weight is 417 g/mol. The molecule has 3 amide bonds. The third-order valence-corrected chi connectivity index (χ3v) is 4.38. The van der Waals surface area contributed by atoms with E-state index in [0.717, 1.165) is 0 Å². The van der Waals surface area contributed by atoms with Crippen LogP contribution in [0.2, 0.25) is 0 Å². The molecule has 4 rings (SSSR count). The maximum absolute atomic E-state index is 13.5. The van der Waals surface area contributed by atoms with Gasteiger partial charge in [-0.2, -0.15) is 0 Å². The van der Waals surface area contributed by atoms with Crippen LogP contribution in [0.15, 0.2) is 83.0 Å². The second-order valence-electron chi connectivity index (χ2n) is 6.54. The highest BCUT2D eigenvalue weighted by atomic mass is 19.1. The molecule has 0 bridgehead atoms. The minimum atomic E-state index is -0.662. The lowest BCUT2D eigenvalue weighted by atomic mass is 10.2. The van der Waals surface area contributed by atoms with Crippen LogP contribution < -0.4 is 10.6 Å². The molecule has 0 unspecified atom stereocenters. The monoisotopic (exact) mass is 417 g/mol. The van der Waals surface area contributed by atoms with E-state index in [0.29, 0.717) is 22.3 Å². The van der Waals surface area contributed by atoms with E-state index < -0.39 is 17.8 Å². The van der Waals surface area contributed by atoms with Crippen LogP contribution in [-0.2, 0) is 0 Å². The Morgan fingerprint density at radius 3 is 2.29 bits per heavy atom. The van der Waals surface area contributed by atoms with Crippen molar-refractivity contribution < 1.29 is 19.1 Å². The number of azo groups is 1. The van der Waals surface area contributed by atoms with Gasteiger partial charge in [0.1, 0.15) is 5.82 Å². The van der Waals surface area contributed by atoms with E-state index in [1.54, 1.807) is 36.4 Å². The minimum absolute atomic E-state index is 0.0290. The Kier molecular flexibility index (Phi) is 5.39. The summed E-state index contributed by atoms with van der Waals surface area (Å²) in [6.07, 6.45) is 0. The number of aromatic nitrogens is 1. The number of H-pyrrole nitrogens is 1. The molecule has 0 aliphatic carbocycles. The van der Waals surface area contributed by atoms with Crippen molar-refractivity contribution in [3.05, 3.63) is 84.2 Å². The number of nitrogens with one attached hydrogen (secondary N) is 3. The molecule has 0 aliphatic rings. The number of fused-ring (bicyclic) bond motifs is 1. The number of nitrogens with zero attached hydrogens (tertiary/aromatic N) is 2. The van der Waals surface area contributed by atoms with E-state index in [-0.39, 0.29) is 17.1 Å². The number of amides is 3. The van der Waals surface area contributed by atoms with Gasteiger partial charge in [-0.1, -0.05) is 18.2 Å². The van der Waals surface area contributed by atoms with E-state index in [1.807, 2.05) is 6.07 Å². The number of aromatic hydroxyl groups is 1. The molecule has 0 fully saturated rings. The molecule has 0 radical (unpaired) electrons. The van der Waals surface area contributed by atoms with E-state index in [4.69, 9.17) is 0 Å². The van der Waals surface area contributed by atoms with Crippen LogP contribution in [-0.4, -0.2) is 22.0 Å². The molecule has 3 aromatic carbocycles. The average Bonchev–Trinajstić information content (AvgIpc) is 3.07. The smallest absolute Gasteiger partial charge is 0.323 e. The third kappa shape index (κ3) is 4.56. The van der Waals surface area contributed by atoms with Crippen LogP contribution in [0.1, 0.15) is 10.4 Å². The summed E-state index contributed by atoms with van der Waals surface area (Å²) in [5.41, 5.74) is 1.78. The van der Waals surface area contributed by atoms with Crippen molar-refractivity contribution in [2.24, 2.45) is 10.2 Å². The van der Waals surface area contributed by atoms with Gasteiger partial charge in [-0.05, 0) is 54.6 Å². The molecule has 9 heteroatoms. The normalized spacial score (nSPS) is 11.0. The number of carbonyl (C=O) groups is 2.